The summed E-state index contributed by atoms with van der Waals surface area (Å²) in [4.78, 5) is 14.8. The first-order valence-corrected chi connectivity index (χ1v) is 8.50. The Morgan fingerprint density at radius 2 is 1.70 bits per heavy atom. The van der Waals surface area contributed by atoms with Crippen molar-refractivity contribution in [3.63, 3.8) is 0 Å². The van der Waals surface area contributed by atoms with Crippen LogP contribution in [0.15, 0.2) is 0 Å². The summed E-state index contributed by atoms with van der Waals surface area (Å²) < 4.78 is 0. The van der Waals surface area contributed by atoms with Gasteiger partial charge in [0.15, 0.2) is 0 Å². The van der Waals surface area contributed by atoms with Crippen LogP contribution >= 0.6 is 0 Å². The van der Waals surface area contributed by atoms with E-state index in [1.54, 1.807) is 0 Å². The van der Waals surface area contributed by atoms with Crippen molar-refractivity contribution < 1.29 is 4.79 Å². The molecule has 4 atom stereocenters. The minimum atomic E-state index is 0.297. The Hall–Kier alpha value is -0.370. The zero-order chi connectivity index (χ0) is 14.9. The van der Waals surface area contributed by atoms with E-state index in [0.717, 1.165) is 37.6 Å². The number of nitrogens with zero attached hydrogens (tertiary/aromatic N) is 1. The van der Waals surface area contributed by atoms with Crippen molar-refractivity contribution in [3.8, 4) is 0 Å². The lowest BCUT2D eigenvalue weighted by Crippen LogP contribution is -2.44. The standard InChI is InChI=1S/C18H33NO/c1-13-8-14(2)11-19(10-13)12-15-9-16(18(3,4)5)6-7-17(15)20/h13-16H,6-12H2,1-5H3. The van der Waals surface area contributed by atoms with Gasteiger partial charge in [-0.2, -0.15) is 0 Å². The molecule has 0 amide bonds. The lowest BCUT2D eigenvalue weighted by molar-refractivity contribution is -0.127. The zero-order valence-electron chi connectivity index (χ0n) is 14.1. The van der Waals surface area contributed by atoms with Crippen LogP contribution in [-0.2, 0) is 4.79 Å². The van der Waals surface area contributed by atoms with Crippen LogP contribution in [0.2, 0.25) is 0 Å². The van der Waals surface area contributed by atoms with Gasteiger partial charge in [-0.1, -0.05) is 34.6 Å². The van der Waals surface area contributed by atoms with Gasteiger partial charge in [-0.25, -0.2) is 0 Å². The van der Waals surface area contributed by atoms with Crippen LogP contribution in [0.3, 0.4) is 0 Å². The van der Waals surface area contributed by atoms with Gasteiger partial charge in [0.2, 0.25) is 0 Å². The lowest BCUT2D eigenvalue weighted by atomic mass is 9.68. The molecule has 1 aliphatic heterocycles. The molecule has 1 aliphatic carbocycles. The highest BCUT2D eigenvalue weighted by atomic mass is 16.1. The Morgan fingerprint density at radius 3 is 2.25 bits per heavy atom. The number of hydrogen-bond donors (Lipinski definition) is 0. The highest BCUT2D eigenvalue weighted by Crippen LogP contribution is 2.39. The fraction of sp³-hybridized carbons (Fsp3) is 0.944. The second-order valence-corrected chi connectivity index (χ2v) is 8.67. The number of Topliss-reactive ketones (excluding diaryl/α,β-unsaturated/α-hetero) is 1. The summed E-state index contributed by atoms with van der Waals surface area (Å²) in [6.07, 6.45) is 4.37. The van der Waals surface area contributed by atoms with Crippen LogP contribution in [0.1, 0.15) is 60.3 Å². The van der Waals surface area contributed by atoms with Gasteiger partial charge in [-0.3, -0.25) is 4.79 Å². The van der Waals surface area contributed by atoms with Gasteiger partial charge >= 0.3 is 0 Å². The Kier molecular flexibility index (Phi) is 4.94. The van der Waals surface area contributed by atoms with Crippen molar-refractivity contribution >= 4 is 5.78 Å². The summed E-state index contributed by atoms with van der Waals surface area (Å²) in [6.45, 7) is 15.1. The maximum absolute atomic E-state index is 12.3. The van der Waals surface area contributed by atoms with Crippen LogP contribution < -0.4 is 0 Å². The summed E-state index contributed by atoms with van der Waals surface area (Å²) in [6, 6.07) is 0. The summed E-state index contributed by atoms with van der Waals surface area (Å²) in [5, 5.41) is 0. The first-order valence-electron chi connectivity index (χ1n) is 8.50. The first kappa shape index (κ1) is 16.0. The summed E-state index contributed by atoms with van der Waals surface area (Å²) in [7, 11) is 0. The van der Waals surface area contributed by atoms with Crippen LogP contribution in [-0.4, -0.2) is 30.3 Å². The van der Waals surface area contributed by atoms with Crippen molar-refractivity contribution in [2.75, 3.05) is 19.6 Å². The third-order valence-corrected chi connectivity index (χ3v) is 5.41. The topological polar surface area (TPSA) is 20.3 Å². The summed E-state index contributed by atoms with van der Waals surface area (Å²) in [5.74, 6) is 3.11. The molecule has 2 rings (SSSR count). The van der Waals surface area contributed by atoms with Gasteiger partial charge in [0.1, 0.15) is 5.78 Å². The van der Waals surface area contributed by atoms with E-state index in [4.69, 9.17) is 0 Å². The fourth-order valence-corrected chi connectivity index (χ4v) is 4.33. The van der Waals surface area contributed by atoms with E-state index >= 15 is 0 Å². The molecular formula is C18H33NO. The SMILES string of the molecule is CC1CC(C)CN(CC2CC(C(C)(C)C)CCC2=O)C1. The van der Waals surface area contributed by atoms with Gasteiger partial charge in [0.25, 0.3) is 0 Å². The zero-order valence-corrected chi connectivity index (χ0v) is 14.1. The van der Waals surface area contributed by atoms with Crippen LogP contribution in [0.25, 0.3) is 0 Å². The van der Waals surface area contributed by atoms with E-state index in [2.05, 4.69) is 39.5 Å². The molecule has 2 fully saturated rings. The number of ketones is 1. The molecule has 2 aliphatic rings. The van der Waals surface area contributed by atoms with E-state index in [-0.39, 0.29) is 0 Å². The first-order chi connectivity index (χ1) is 9.25. The van der Waals surface area contributed by atoms with Crippen molar-refractivity contribution in [1.29, 1.82) is 0 Å². The predicted octanol–water partition coefficient (Wildman–Crippen LogP) is 4.00. The van der Waals surface area contributed by atoms with Crippen molar-refractivity contribution in [1.82, 2.24) is 4.90 Å². The van der Waals surface area contributed by atoms with E-state index < -0.39 is 0 Å². The molecule has 1 saturated carbocycles. The number of piperidine rings is 1. The number of likely N-dealkylation sites (tertiary alicyclic amines) is 1. The van der Waals surface area contributed by atoms with Crippen molar-refractivity contribution in [2.45, 2.75) is 60.3 Å². The average molecular weight is 279 g/mol. The van der Waals surface area contributed by atoms with Gasteiger partial charge in [0, 0.05) is 32.0 Å². The van der Waals surface area contributed by atoms with Gasteiger partial charge < -0.3 is 4.90 Å². The van der Waals surface area contributed by atoms with Crippen LogP contribution in [0.5, 0.6) is 0 Å². The number of hydrogen-bond acceptors (Lipinski definition) is 2. The van der Waals surface area contributed by atoms with Crippen LogP contribution in [0.4, 0.5) is 0 Å². The quantitative estimate of drug-likeness (QED) is 0.761. The highest BCUT2D eigenvalue weighted by molar-refractivity contribution is 5.82. The molecule has 0 aromatic rings. The Balaban J connectivity index is 1.94. The molecule has 0 spiro atoms. The molecular weight excluding hydrogens is 246 g/mol. The molecule has 0 radical (unpaired) electrons. The molecule has 1 heterocycles. The van der Waals surface area contributed by atoms with Gasteiger partial charge in [0.05, 0.1) is 0 Å². The largest absolute Gasteiger partial charge is 0.302 e. The maximum atomic E-state index is 12.3. The molecule has 0 bridgehead atoms. The molecule has 0 aromatic heterocycles. The second kappa shape index (κ2) is 6.17. The van der Waals surface area contributed by atoms with Crippen molar-refractivity contribution in [2.24, 2.45) is 29.1 Å². The summed E-state index contributed by atoms with van der Waals surface area (Å²) >= 11 is 0. The van der Waals surface area contributed by atoms with E-state index in [9.17, 15) is 4.79 Å². The van der Waals surface area contributed by atoms with E-state index in [1.807, 2.05) is 0 Å². The van der Waals surface area contributed by atoms with Gasteiger partial charge in [-0.05, 0) is 42.4 Å². The normalized spacial score (nSPS) is 37.1. The Labute approximate surface area is 125 Å². The Morgan fingerprint density at radius 1 is 1.10 bits per heavy atom. The third-order valence-electron chi connectivity index (χ3n) is 5.41. The number of rotatable bonds is 2. The monoisotopic (exact) mass is 279 g/mol. The minimum absolute atomic E-state index is 0.297. The molecule has 4 unspecified atom stereocenters. The highest BCUT2D eigenvalue weighted by Gasteiger charge is 2.36. The molecule has 0 N–H and O–H groups in total. The van der Waals surface area contributed by atoms with E-state index in [0.29, 0.717) is 23.0 Å². The van der Waals surface area contributed by atoms with Crippen LogP contribution in [0, 0.1) is 29.1 Å². The van der Waals surface area contributed by atoms with E-state index in [1.165, 1.54) is 19.5 Å². The molecule has 2 nitrogen and oxygen atoms in total. The second-order valence-electron chi connectivity index (χ2n) is 8.67. The minimum Gasteiger partial charge on any atom is -0.302 e. The average Bonchev–Trinajstić information content (AvgIpc) is 2.29. The number of carbonyl (C=O) groups is 1. The van der Waals surface area contributed by atoms with Gasteiger partial charge in [-0.15, -0.1) is 0 Å². The molecule has 2 heteroatoms. The predicted molar refractivity (Wildman–Crippen MR) is 84.7 cm³/mol. The smallest absolute Gasteiger partial charge is 0.137 e. The summed E-state index contributed by atoms with van der Waals surface area (Å²) in [5.41, 5.74) is 0.349. The third kappa shape index (κ3) is 4.07. The molecule has 0 aromatic carbocycles. The maximum Gasteiger partial charge on any atom is 0.137 e. The van der Waals surface area contributed by atoms with Crippen molar-refractivity contribution in [3.05, 3.63) is 0 Å². The molecule has 116 valence electrons. The fourth-order valence-electron chi connectivity index (χ4n) is 4.33. The lowest BCUT2D eigenvalue weighted by Gasteiger charge is -2.41. The Bertz CT molecular complexity index is 334. The number of carbonyl (C=O) groups excluding carboxylic acids is 1. The molecule has 1 saturated heterocycles. The molecule has 20 heavy (non-hydrogen) atoms.